The van der Waals surface area contributed by atoms with Gasteiger partial charge in [-0.3, -0.25) is 20.4 Å². The number of nitrogens with one attached hydrogen (secondary N) is 2. The Morgan fingerprint density at radius 3 is 2.57 bits per heavy atom. The fraction of sp³-hybridized carbons (Fsp3) is 0.353. The molecule has 1 fully saturated rings. The highest BCUT2D eigenvalue weighted by atomic mass is 35.5. The minimum absolute atomic E-state index is 0.204. The average Bonchev–Trinajstić information content (AvgIpc) is 3.22. The lowest BCUT2D eigenvalue weighted by Gasteiger charge is -2.25. The number of hydrazine groups is 1. The maximum Gasteiger partial charge on any atom is 0.289 e. The summed E-state index contributed by atoms with van der Waals surface area (Å²) in [7, 11) is 2.88. The largest absolute Gasteiger partial charge is 0.493 e. The molecule has 2 aromatic rings. The minimum atomic E-state index is -0.556. The van der Waals surface area contributed by atoms with Gasteiger partial charge in [0.2, 0.25) is 0 Å². The molecule has 9 nitrogen and oxygen atoms in total. The van der Waals surface area contributed by atoms with E-state index >= 15 is 0 Å². The van der Waals surface area contributed by atoms with Crippen LogP contribution < -0.4 is 25.2 Å². The zero-order valence-corrected chi connectivity index (χ0v) is 16.9. The summed E-state index contributed by atoms with van der Waals surface area (Å²) < 4.78 is 15.6. The predicted octanol–water partition coefficient (Wildman–Crippen LogP) is 1.73. The van der Waals surface area contributed by atoms with Gasteiger partial charge in [0, 0.05) is 24.0 Å². The van der Waals surface area contributed by atoms with Crippen LogP contribution in [0.25, 0.3) is 0 Å². The number of anilines is 1. The van der Waals surface area contributed by atoms with E-state index in [9.17, 15) is 9.59 Å². The van der Waals surface area contributed by atoms with Crippen molar-refractivity contribution in [2.24, 2.45) is 0 Å². The molecule has 2 heterocycles. The van der Waals surface area contributed by atoms with E-state index in [0.717, 1.165) is 18.2 Å². The van der Waals surface area contributed by atoms with Crippen molar-refractivity contribution < 1.29 is 23.8 Å². The topological polar surface area (TPSA) is 102 Å². The van der Waals surface area contributed by atoms with Crippen molar-refractivity contribution >= 4 is 39.9 Å². The molecule has 0 radical (unpaired) electrons. The monoisotopic (exact) mass is 426 g/mol. The van der Waals surface area contributed by atoms with Crippen molar-refractivity contribution in [3.05, 3.63) is 33.8 Å². The number of morpholine rings is 1. The van der Waals surface area contributed by atoms with Gasteiger partial charge < -0.3 is 19.1 Å². The van der Waals surface area contributed by atoms with E-state index in [1.165, 1.54) is 37.7 Å². The van der Waals surface area contributed by atoms with Gasteiger partial charge in [-0.1, -0.05) is 11.6 Å². The summed E-state index contributed by atoms with van der Waals surface area (Å²) in [6.45, 7) is 2.72. The molecule has 1 aliphatic heterocycles. The number of ether oxygens (including phenoxy) is 3. The van der Waals surface area contributed by atoms with Gasteiger partial charge >= 0.3 is 0 Å². The number of hydrogen-bond acceptors (Lipinski definition) is 8. The van der Waals surface area contributed by atoms with Crippen LogP contribution in [0.2, 0.25) is 5.02 Å². The van der Waals surface area contributed by atoms with Crippen molar-refractivity contribution in [3.63, 3.8) is 0 Å². The Morgan fingerprint density at radius 2 is 1.89 bits per heavy atom. The van der Waals surface area contributed by atoms with Gasteiger partial charge in [-0.25, -0.2) is 4.98 Å². The number of methoxy groups -OCH3 is 2. The number of nitrogens with zero attached hydrogens (tertiary/aromatic N) is 2. The number of thiazole rings is 1. The number of aromatic nitrogens is 1. The summed E-state index contributed by atoms with van der Waals surface area (Å²) in [4.78, 5) is 31.0. The van der Waals surface area contributed by atoms with E-state index in [4.69, 9.17) is 25.8 Å². The van der Waals surface area contributed by atoms with Crippen molar-refractivity contribution in [2.75, 3.05) is 45.4 Å². The SMILES string of the molecule is COc1cc(C(=O)NNC(=O)c2csc(N3CCOCC3)n2)cc(Cl)c1OC. The lowest BCUT2D eigenvalue weighted by Crippen LogP contribution is -2.42. The van der Waals surface area contributed by atoms with E-state index in [1.807, 2.05) is 0 Å². The maximum absolute atomic E-state index is 12.3. The van der Waals surface area contributed by atoms with Crippen LogP contribution in [-0.2, 0) is 4.74 Å². The normalized spacial score (nSPS) is 13.8. The Labute approximate surface area is 170 Å². The first-order valence-corrected chi connectivity index (χ1v) is 9.59. The van der Waals surface area contributed by atoms with Crippen molar-refractivity contribution in [1.29, 1.82) is 0 Å². The second kappa shape index (κ2) is 9.09. The Balaban J connectivity index is 1.62. The van der Waals surface area contributed by atoms with Crippen LogP contribution in [0.15, 0.2) is 17.5 Å². The summed E-state index contributed by atoms with van der Waals surface area (Å²) in [6, 6.07) is 2.88. The highest BCUT2D eigenvalue weighted by molar-refractivity contribution is 7.13. The van der Waals surface area contributed by atoms with Crippen molar-refractivity contribution in [1.82, 2.24) is 15.8 Å². The molecule has 28 heavy (non-hydrogen) atoms. The first-order valence-electron chi connectivity index (χ1n) is 8.34. The molecule has 0 aliphatic carbocycles. The molecule has 0 saturated carbocycles. The average molecular weight is 427 g/mol. The third-order valence-electron chi connectivity index (χ3n) is 3.99. The number of carbonyl (C=O) groups is 2. The molecule has 1 aromatic heterocycles. The van der Waals surface area contributed by atoms with E-state index in [-0.39, 0.29) is 16.3 Å². The molecule has 1 aliphatic rings. The molecule has 0 spiro atoms. The highest BCUT2D eigenvalue weighted by Crippen LogP contribution is 2.35. The van der Waals surface area contributed by atoms with Crippen LogP contribution in [0.4, 0.5) is 5.13 Å². The Bertz CT molecular complexity index is 869. The summed E-state index contributed by atoms with van der Waals surface area (Å²) in [5.41, 5.74) is 5.11. The number of hydrogen-bond donors (Lipinski definition) is 2. The smallest absolute Gasteiger partial charge is 0.289 e. The van der Waals surface area contributed by atoms with E-state index in [0.29, 0.717) is 24.7 Å². The lowest BCUT2D eigenvalue weighted by atomic mass is 10.2. The van der Waals surface area contributed by atoms with Gasteiger partial charge in [0.15, 0.2) is 16.6 Å². The standard InChI is InChI=1S/C17H19ClN4O5S/c1-25-13-8-10(7-11(18)14(13)26-2)15(23)20-21-16(24)12-9-28-17(19-12)22-3-5-27-6-4-22/h7-9H,3-6H2,1-2H3,(H,20,23)(H,21,24). The zero-order chi connectivity index (χ0) is 20.1. The second-order valence-corrected chi connectivity index (χ2v) is 6.96. The molecule has 0 bridgehead atoms. The Hall–Kier alpha value is -2.56. The van der Waals surface area contributed by atoms with Crippen LogP contribution in [-0.4, -0.2) is 57.3 Å². The third-order valence-corrected chi connectivity index (χ3v) is 5.17. The molecule has 1 aromatic carbocycles. The number of benzene rings is 1. The van der Waals surface area contributed by atoms with Crippen molar-refractivity contribution in [2.45, 2.75) is 0 Å². The molecule has 0 atom stereocenters. The van der Waals surface area contributed by atoms with Gasteiger partial charge in [0.05, 0.1) is 32.5 Å². The molecule has 0 unspecified atom stereocenters. The molecular formula is C17H19ClN4O5S. The highest BCUT2D eigenvalue weighted by Gasteiger charge is 2.19. The second-order valence-electron chi connectivity index (χ2n) is 5.72. The van der Waals surface area contributed by atoms with Crippen LogP contribution in [0.1, 0.15) is 20.8 Å². The molecule has 2 amide bonds. The molecule has 2 N–H and O–H groups in total. The van der Waals surface area contributed by atoms with Gasteiger partial charge in [-0.15, -0.1) is 11.3 Å². The maximum atomic E-state index is 12.3. The van der Waals surface area contributed by atoms with Gasteiger partial charge in [-0.05, 0) is 12.1 Å². The minimum Gasteiger partial charge on any atom is -0.493 e. The van der Waals surface area contributed by atoms with E-state index in [1.54, 1.807) is 5.38 Å². The van der Waals surface area contributed by atoms with E-state index in [2.05, 4.69) is 20.7 Å². The number of carbonyl (C=O) groups excluding carboxylic acids is 2. The zero-order valence-electron chi connectivity index (χ0n) is 15.3. The first kappa shape index (κ1) is 20.2. The van der Waals surface area contributed by atoms with Crippen LogP contribution in [0.5, 0.6) is 11.5 Å². The number of halogens is 1. The number of amides is 2. The summed E-state index contributed by atoms with van der Waals surface area (Å²) in [6.07, 6.45) is 0. The third kappa shape index (κ3) is 4.46. The van der Waals surface area contributed by atoms with E-state index < -0.39 is 11.8 Å². The Kier molecular flexibility index (Phi) is 6.55. The number of rotatable bonds is 5. The van der Waals surface area contributed by atoms with Gasteiger partial charge in [-0.2, -0.15) is 0 Å². The molecule has 150 valence electrons. The molecule has 11 heteroatoms. The molecular weight excluding hydrogens is 408 g/mol. The fourth-order valence-electron chi connectivity index (χ4n) is 2.57. The van der Waals surface area contributed by atoms with Gasteiger partial charge in [0.1, 0.15) is 5.69 Å². The summed E-state index contributed by atoms with van der Waals surface area (Å²) in [5.74, 6) is -0.445. The molecule has 3 rings (SSSR count). The summed E-state index contributed by atoms with van der Waals surface area (Å²) in [5, 5.41) is 2.60. The van der Waals surface area contributed by atoms with Crippen LogP contribution in [0, 0.1) is 0 Å². The Morgan fingerprint density at radius 1 is 1.18 bits per heavy atom. The lowest BCUT2D eigenvalue weighted by molar-refractivity contribution is 0.0844. The molecule has 1 saturated heterocycles. The van der Waals surface area contributed by atoms with Crippen LogP contribution >= 0.6 is 22.9 Å². The predicted molar refractivity (Wildman–Crippen MR) is 105 cm³/mol. The van der Waals surface area contributed by atoms with Crippen molar-refractivity contribution in [3.8, 4) is 11.5 Å². The quantitative estimate of drug-likeness (QED) is 0.702. The fourth-order valence-corrected chi connectivity index (χ4v) is 3.71. The van der Waals surface area contributed by atoms with Crippen LogP contribution in [0.3, 0.4) is 0 Å². The summed E-state index contributed by atoms with van der Waals surface area (Å²) >= 11 is 7.46. The van der Waals surface area contributed by atoms with Gasteiger partial charge in [0.25, 0.3) is 11.8 Å². The first-order chi connectivity index (χ1) is 13.5.